The molecule has 1 saturated heterocycles. The van der Waals surface area contributed by atoms with E-state index in [9.17, 15) is 9.59 Å². The van der Waals surface area contributed by atoms with E-state index in [-0.39, 0.29) is 23.5 Å². The first-order valence-electron chi connectivity index (χ1n) is 8.73. The Hall–Kier alpha value is -1.06. The van der Waals surface area contributed by atoms with Crippen molar-refractivity contribution in [2.45, 2.75) is 76.3 Å². The van der Waals surface area contributed by atoms with Crippen LogP contribution < -0.4 is 5.32 Å². The molecular weight excluding hydrogens is 264 g/mol. The molecule has 4 heteroatoms. The Balaban J connectivity index is 1.58. The molecule has 5 aliphatic rings. The van der Waals surface area contributed by atoms with Crippen LogP contribution in [0.1, 0.15) is 64.7 Å². The second kappa shape index (κ2) is 4.72. The third-order valence-corrected chi connectivity index (χ3v) is 6.32. The highest BCUT2D eigenvalue weighted by atomic mass is 16.2. The van der Waals surface area contributed by atoms with E-state index in [2.05, 4.69) is 12.2 Å². The van der Waals surface area contributed by atoms with Crippen LogP contribution in [-0.2, 0) is 4.79 Å². The van der Waals surface area contributed by atoms with Gasteiger partial charge in [0.25, 0.3) is 0 Å². The van der Waals surface area contributed by atoms with Crippen molar-refractivity contribution in [3.8, 4) is 0 Å². The van der Waals surface area contributed by atoms with Crippen molar-refractivity contribution in [2.75, 3.05) is 0 Å². The van der Waals surface area contributed by atoms with Gasteiger partial charge in [-0.25, -0.2) is 4.79 Å². The molecule has 0 aromatic carbocycles. The fraction of sp³-hybridized carbons (Fsp3) is 0.882. The van der Waals surface area contributed by atoms with Crippen LogP contribution >= 0.6 is 0 Å². The number of urea groups is 1. The third-order valence-electron chi connectivity index (χ3n) is 6.32. The Morgan fingerprint density at radius 3 is 2.14 bits per heavy atom. The van der Waals surface area contributed by atoms with Gasteiger partial charge >= 0.3 is 6.03 Å². The van der Waals surface area contributed by atoms with E-state index in [0.29, 0.717) is 6.42 Å². The summed E-state index contributed by atoms with van der Waals surface area (Å²) >= 11 is 0. The van der Waals surface area contributed by atoms with Crippen molar-refractivity contribution in [3.63, 3.8) is 0 Å². The molecule has 21 heavy (non-hydrogen) atoms. The number of carbonyl (C=O) groups is 2. The molecule has 1 heterocycles. The van der Waals surface area contributed by atoms with Gasteiger partial charge in [0.05, 0.1) is 5.54 Å². The van der Waals surface area contributed by atoms with Gasteiger partial charge in [-0.2, -0.15) is 0 Å². The Kier molecular flexibility index (Phi) is 3.05. The van der Waals surface area contributed by atoms with Gasteiger partial charge in [0.15, 0.2) is 0 Å². The van der Waals surface area contributed by atoms with Crippen LogP contribution in [0, 0.1) is 17.8 Å². The second-order valence-electron chi connectivity index (χ2n) is 8.01. The van der Waals surface area contributed by atoms with E-state index in [4.69, 9.17) is 0 Å². The van der Waals surface area contributed by atoms with Gasteiger partial charge < -0.3 is 5.32 Å². The fourth-order valence-corrected chi connectivity index (χ4v) is 6.05. The molecule has 4 nitrogen and oxygen atoms in total. The highest BCUT2D eigenvalue weighted by Gasteiger charge is 2.57. The lowest BCUT2D eigenvalue weighted by Crippen LogP contribution is -2.68. The number of nitrogens with zero attached hydrogens (tertiary/aromatic N) is 1. The van der Waals surface area contributed by atoms with Crippen molar-refractivity contribution < 1.29 is 9.59 Å². The van der Waals surface area contributed by atoms with E-state index in [0.717, 1.165) is 49.9 Å². The molecule has 3 amide bonds. The predicted octanol–water partition coefficient (Wildman–Crippen LogP) is 3.07. The first-order valence-corrected chi connectivity index (χ1v) is 8.73. The molecule has 0 spiro atoms. The van der Waals surface area contributed by atoms with Gasteiger partial charge in [-0.3, -0.25) is 9.69 Å². The van der Waals surface area contributed by atoms with Crippen LogP contribution in [0.4, 0.5) is 4.79 Å². The summed E-state index contributed by atoms with van der Waals surface area (Å²) in [4.78, 5) is 26.9. The summed E-state index contributed by atoms with van der Waals surface area (Å²) in [5.41, 5.74) is -0.132. The van der Waals surface area contributed by atoms with E-state index in [1.54, 1.807) is 4.90 Å². The van der Waals surface area contributed by atoms with Gasteiger partial charge in [-0.1, -0.05) is 13.3 Å². The summed E-state index contributed by atoms with van der Waals surface area (Å²) in [7, 11) is 0. The Morgan fingerprint density at radius 1 is 1.10 bits per heavy atom. The van der Waals surface area contributed by atoms with Gasteiger partial charge in [0.2, 0.25) is 5.91 Å². The topological polar surface area (TPSA) is 49.4 Å². The normalized spacial score (nSPS) is 45.1. The molecule has 0 radical (unpaired) electrons. The molecule has 5 fully saturated rings. The van der Waals surface area contributed by atoms with Crippen molar-refractivity contribution in [3.05, 3.63) is 0 Å². The van der Waals surface area contributed by atoms with Crippen LogP contribution in [0.5, 0.6) is 0 Å². The molecule has 5 rings (SSSR count). The number of hydrogen-bond acceptors (Lipinski definition) is 2. The van der Waals surface area contributed by atoms with E-state index in [1.165, 1.54) is 19.3 Å². The molecule has 116 valence electrons. The van der Waals surface area contributed by atoms with Crippen LogP contribution in [0.3, 0.4) is 0 Å². The van der Waals surface area contributed by atoms with Gasteiger partial charge in [-0.15, -0.1) is 0 Å². The average Bonchev–Trinajstić information content (AvgIpc) is 2.35. The Bertz CT molecular complexity index is 420. The van der Waals surface area contributed by atoms with Crippen LogP contribution in [0.15, 0.2) is 0 Å². The standard InChI is InChI=1S/C17H26N2O2/c1-2-3-14-7-15(20)19(16(21)18-14)17-8-11-4-12(9-17)6-13(5-11)10-17/h11-14H,2-10H2,1H3,(H,18,21). The minimum absolute atomic E-state index is 0.0557. The molecule has 4 bridgehead atoms. The summed E-state index contributed by atoms with van der Waals surface area (Å²) in [6.45, 7) is 2.10. The number of imide groups is 1. The molecular formula is C17H26N2O2. The zero-order valence-corrected chi connectivity index (χ0v) is 12.9. The van der Waals surface area contributed by atoms with E-state index < -0.39 is 0 Å². The summed E-state index contributed by atoms with van der Waals surface area (Å²) < 4.78 is 0. The number of carbonyl (C=O) groups excluding carboxylic acids is 2. The first kappa shape index (κ1) is 13.6. The van der Waals surface area contributed by atoms with E-state index >= 15 is 0 Å². The van der Waals surface area contributed by atoms with Gasteiger partial charge in [0, 0.05) is 12.5 Å². The molecule has 1 aliphatic heterocycles. The Labute approximate surface area is 126 Å². The Morgan fingerprint density at radius 2 is 1.67 bits per heavy atom. The quantitative estimate of drug-likeness (QED) is 0.868. The van der Waals surface area contributed by atoms with Crippen LogP contribution in [-0.4, -0.2) is 28.4 Å². The molecule has 1 unspecified atom stereocenters. The summed E-state index contributed by atoms with van der Waals surface area (Å²) in [6, 6.07) is -0.0492. The smallest absolute Gasteiger partial charge is 0.324 e. The SMILES string of the molecule is CCCC1CC(=O)N(C23CC4CC(CC(C4)C2)C3)C(=O)N1. The lowest BCUT2D eigenvalue weighted by Gasteiger charge is -2.60. The number of amides is 3. The largest absolute Gasteiger partial charge is 0.334 e. The first-order chi connectivity index (χ1) is 10.1. The van der Waals surface area contributed by atoms with Gasteiger partial charge in [0.1, 0.15) is 0 Å². The van der Waals surface area contributed by atoms with Crippen molar-refractivity contribution in [1.82, 2.24) is 10.2 Å². The molecule has 1 atom stereocenters. The lowest BCUT2D eigenvalue weighted by atomic mass is 9.52. The monoisotopic (exact) mass is 290 g/mol. The molecule has 4 saturated carbocycles. The minimum atomic E-state index is -0.132. The maximum Gasteiger partial charge on any atom is 0.324 e. The number of hydrogen-bond donors (Lipinski definition) is 1. The molecule has 1 N–H and O–H groups in total. The fourth-order valence-electron chi connectivity index (χ4n) is 6.05. The second-order valence-corrected chi connectivity index (χ2v) is 8.01. The maximum absolute atomic E-state index is 12.7. The summed E-state index contributed by atoms with van der Waals surface area (Å²) in [5.74, 6) is 2.35. The summed E-state index contributed by atoms with van der Waals surface area (Å²) in [6.07, 6.45) is 9.62. The lowest BCUT2D eigenvalue weighted by molar-refractivity contribution is -0.146. The molecule has 0 aromatic rings. The molecule has 0 aromatic heterocycles. The van der Waals surface area contributed by atoms with Crippen LogP contribution in [0.2, 0.25) is 0 Å². The summed E-state index contributed by atoms with van der Waals surface area (Å²) in [5, 5.41) is 3.09. The zero-order valence-electron chi connectivity index (χ0n) is 12.9. The van der Waals surface area contributed by atoms with Crippen molar-refractivity contribution in [1.29, 1.82) is 0 Å². The van der Waals surface area contributed by atoms with E-state index in [1.807, 2.05) is 0 Å². The zero-order chi connectivity index (χ0) is 14.6. The van der Waals surface area contributed by atoms with Crippen molar-refractivity contribution in [2.24, 2.45) is 17.8 Å². The van der Waals surface area contributed by atoms with Gasteiger partial charge in [-0.05, 0) is 62.7 Å². The van der Waals surface area contributed by atoms with Crippen LogP contribution in [0.25, 0.3) is 0 Å². The molecule has 4 aliphatic carbocycles. The highest BCUT2D eigenvalue weighted by molar-refractivity contribution is 5.98. The number of nitrogens with one attached hydrogen (secondary N) is 1. The third kappa shape index (κ3) is 2.09. The number of rotatable bonds is 3. The minimum Gasteiger partial charge on any atom is -0.334 e. The highest BCUT2D eigenvalue weighted by Crippen LogP contribution is 2.58. The maximum atomic E-state index is 12.7. The van der Waals surface area contributed by atoms with Crippen molar-refractivity contribution >= 4 is 11.9 Å². The average molecular weight is 290 g/mol. The predicted molar refractivity (Wildman–Crippen MR) is 79.6 cm³/mol.